The Labute approximate surface area is 130 Å². The fourth-order valence-electron chi connectivity index (χ4n) is 1.96. The maximum absolute atomic E-state index is 12.1. The number of pyridine rings is 1. The van der Waals surface area contributed by atoms with Gasteiger partial charge in [-0.25, -0.2) is 19.7 Å². The Bertz CT molecular complexity index is 815. The van der Waals surface area contributed by atoms with Crippen molar-refractivity contribution in [2.75, 3.05) is 13.7 Å². The van der Waals surface area contributed by atoms with Crippen molar-refractivity contribution < 1.29 is 14.3 Å². The number of thiophene rings is 1. The van der Waals surface area contributed by atoms with Crippen molar-refractivity contribution in [1.82, 2.24) is 15.0 Å². The second kappa shape index (κ2) is 6.07. The molecule has 0 aromatic carbocycles. The van der Waals surface area contributed by atoms with Crippen LogP contribution in [-0.2, 0) is 4.74 Å². The molecular weight excluding hydrogens is 302 g/mol. The first-order valence-corrected chi connectivity index (χ1v) is 7.53. The summed E-state index contributed by atoms with van der Waals surface area (Å²) in [5.41, 5.74) is 1.71. The van der Waals surface area contributed by atoms with Gasteiger partial charge in [0.25, 0.3) is 0 Å². The molecule has 0 unspecified atom stereocenters. The summed E-state index contributed by atoms with van der Waals surface area (Å²) < 4.78 is 10.8. The third-order valence-electron chi connectivity index (χ3n) is 2.98. The molecule has 0 amide bonds. The summed E-state index contributed by atoms with van der Waals surface area (Å²) in [6, 6.07) is 5.37. The molecule has 112 valence electrons. The number of esters is 1. The first kappa shape index (κ1) is 14.4. The van der Waals surface area contributed by atoms with Gasteiger partial charge in [-0.2, -0.15) is 0 Å². The van der Waals surface area contributed by atoms with E-state index in [0.717, 1.165) is 4.70 Å². The van der Waals surface area contributed by atoms with E-state index in [1.165, 1.54) is 11.3 Å². The van der Waals surface area contributed by atoms with Crippen LogP contribution in [0.1, 0.15) is 17.4 Å². The molecule has 3 rings (SSSR count). The maximum Gasteiger partial charge on any atom is 0.358 e. The highest BCUT2D eigenvalue weighted by molar-refractivity contribution is 7.17. The molecule has 22 heavy (non-hydrogen) atoms. The van der Waals surface area contributed by atoms with Crippen LogP contribution in [0.2, 0.25) is 0 Å². The van der Waals surface area contributed by atoms with Crippen molar-refractivity contribution in [3.8, 4) is 17.3 Å². The molecule has 0 aliphatic heterocycles. The van der Waals surface area contributed by atoms with Gasteiger partial charge in [-0.05, 0) is 24.4 Å². The molecule has 0 aliphatic rings. The molecular formula is C15H13N3O3S. The molecule has 3 heterocycles. The van der Waals surface area contributed by atoms with Crippen LogP contribution in [0, 0.1) is 0 Å². The number of hydrogen-bond acceptors (Lipinski definition) is 7. The third-order valence-corrected chi connectivity index (χ3v) is 3.89. The van der Waals surface area contributed by atoms with E-state index < -0.39 is 5.97 Å². The van der Waals surface area contributed by atoms with Gasteiger partial charge in [0, 0.05) is 17.8 Å². The Balaban J connectivity index is 2.11. The van der Waals surface area contributed by atoms with E-state index in [0.29, 0.717) is 29.4 Å². The number of carbonyl (C=O) groups is 1. The number of aromatic nitrogens is 3. The quantitative estimate of drug-likeness (QED) is 0.689. The minimum Gasteiger partial charge on any atom is -0.481 e. The van der Waals surface area contributed by atoms with Crippen LogP contribution in [0.25, 0.3) is 21.6 Å². The first-order chi connectivity index (χ1) is 10.7. The Hall–Kier alpha value is -2.54. The van der Waals surface area contributed by atoms with Crippen LogP contribution in [-0.4, -0.2) is 34.6 Å². The van der Waals surface area contributed by atoms with Crippen molar-refractivity contribution in [2.45, 2.75) is 6.92 Å². The van der Waals surface area contributed by atoms with Crippen LogP contribution in [0.4, 0.5) is 0 Å². The maximum atomic E-state index is 12.1. The number of rotatable bonds is 4. The predicted octanol–water partition coefficient (Wildman–Crippen LogP) is 2.94. The van der Waals surface area contributed by atoms with Gasteiger partial charge in [0.1, 0.15) is 0 Å². The van der Waals surface area contributed by atoms with Crippen molar-refractivity contribution >= 4 is 27.5 Å². The first-order valence-electron chi connectivity index (χ1n) is 6.65. The zero-order chi connectivity index (χ0) is 15.5. The van der Waals surface area contributed by atoms with E-state index in [4.69, 9.17) is 9.47 Å². The standard InChI is InChI=1S/C15H13N3O3S/c1-3-21-15(19)12-13-10(6-7-22-13)17-14(18-12)9-4-5-11(20-2)16-8-9/h4-8H,3H2,1-2H3. The molecule has 0 fully saturated rings. The highest BCUT2D eigenvalue weighted by atomic mass is 32.1. The van der Waals surface area contributed by atoms with Gasteiger partial charge < -0.3 is 9.47 Å². The van der Waals surface area contributed by atoms with Crippen LogP contribution >= 0.6 is 11.3 Å². The van der Waals surface area contributed by atoms with Gasteiger partial charge in [0.05, 0.1) is 23.9 Å². The molecule has 7 heteroatoms. The molecule has 0 bridgehead atoms. The van der Waals surface area contributed by atoms with Crippen molar-refractivity contribution in [1.29, 1.82) is 0 Å². The predicted molar refractivity (Wildman–Crippen MR) is 83.2 cm³/mol. The number of carbonyl (C=O) groups excluding carboxylic acids is 1. The Kier molecular flexibility index (Phi) is 3.97. The molecule has 0 N–H and O–H groups in total. The lowest BCUT2D eigenvalue weighted by Gasteiger charge is -2.06. The Morgan fingerprint density at radius 3 is 2.82 bits per heavy atom. The lowest BCUT2D eigenvalue weighted by Crippen LogP contribution is -2.09. The third kappa shape index (κ3) is 2.62. The summed E-state index contributed by atoms with van der Waals surface area (Å²) in [4.78, 5) is 25.1. The fourth-order valence-corrected chi connectivity index (χ4v) is 2.77. The van der Waals surface area contributed by atoms with Gasteiger partial charge in [-0.1, -0.05) is 0 Å². The van der Waals surface area contributed by atoms with E-state index in [2.05, 4.69) is 15.0 Å². The SMILES string of the molecule is CCOC(=O)c1nc(-c2ccc(OC)nc2)nc2ccsc12. The molecule has 0 radical (unpaired) electrons. The van der Waals surface area contributed by atoms with E-state index in [1.54, 1.807) is 32.4 Å². The fraction of sp³-hybridized carbons (Fsp3) is 0.200. The van der Waals surface area contributed by atoms with Crippen LogP contribution < -0.4 is 4.74 Å². The minimum absolute atomic E-state index is 0.285. The normalized spacial score (nSPS) is 10.6. The summed E-state index contributed by atoms with van der Waals surface area (Å²) in [7, 11) is 1.55. The largest absolute Gasteiger partial charge is 0.481 e. The second-order valence-corrected chi connectivity index (χ2v) is 5.26. The molecule has 3 aromatic rings. The average molecular weight is 315 g/mol. The van der Waals surface area contributed by atoms with Crippen molar-refractivity contribution in [2.24, 2.45) is 0 Å². The molecule has 0 atom stereocenters. The molecule has 0 aliphatic carbocycles. The number of fused-ring (bicyclic) bond motifs is 1. The van der Waals surface area contributed by atoms with Gasteiger partial charge in [-0.15, -0.1) is 11.3 Å². The average Bonchev–Trinajstić information content (AvgIpc) is 3.02. The number of methoxy groups -OCH3 is 1. The minimum atomic E-state index is -0.444. The number of ether oxygens (including phenoxy) is 2. The summed E-state index contributed by atoms with van der Waals surface area (Å²) >= 11 is 1.42. The van der Waals surface area contributed by atoms with E-state index in [1.807, 2.05) is 11.4 Å². The molecule has 0 saturated heterocycles. The molecule has 0 spiro atoms. The molecule has 3 aromatic heterocycles. The summed E-state index contributed by atoms with van der Waals surface area (Å²) in [5.74, 6) is 0.496. The van der Waals surface area contributed by atoms with E-state index in [9.17, 15) is 4.79 Å². The molecule has 6 nitrogen and oxygen atoms in total. The summed E-state index contributed by atoms with van der Waals surface area (Å²) in [6.45, 7) is 2.06. The number of nitrogens with zero attached hydrogens (tertiary/aromatic N) is 3. The monoisotopic (exact) mass is 315 g/mol. The van der Waals surface area contributed by atoms with Gasteiger partial charge >= 0.3 is 5.97 Å². The highest BCUT2D eigenvalue weighted by Crippen LogP contribution is 2.26. The van der Waals surface area contributed by atoms with Crippen LogP contribution in [0.5, 0.6) is 5.88 Å². The summed E-state index contributed by atoms with van der Waals surface area (Å²) in [5, 5.41) is 1.87. The molecule has 0 saturated carbocycles. The zero-order valence-electron chi connectivity index (χ0n) is 12.1. The van der Waals surface area contributed by atoms with Crippen LogP contribution in [0.15, 0.2) is 29.8 Å². The Morgan fingerprint density at radius 2 is 2.14 bits per heavy atom. The van der Waals surface area contributed by atoms with E-state index in [-0.39, 0.29) is 5.69 Å². The highest BCUT2D eigenvalue weighted by Gasteiger charge is 2.18. The van der Waals surface area contributed by atoms with Gasteiger partial charge in [-0.3, -0.25) is 0 Å². The smallest absolute Gasteiger partial charge is 0.358 e. The lowest BCUT2D eigenvalue weighted by atomic mass is 10.2. The topological polar surface area (TPSA) is 74.2 Å². The summed E-state index contributed by atoms with van der Waals surface area (Å²) in [6.07, 6.45) is 1.61. The van der Waals surface area contributed by atoms with Crippen molar-refractivity contribution in [3.63, 3.8) is 0 Å². The van der Waals surface area contributed by atoms with E-state index >= 15 is 0 Å². The van der Waals surface area contributed by atoms with Gasteiger partial charge in [0.2, 0.25) is 5.88 Å². The Morgan fingerprint density at radius 1 is 1.27 bits per heavy atom. The second-order valence-electron chi connectivity index (χ2n) is 4.34. The number of hydrogen-bond donors (Lipinski definition) is 0. The zero-order valence-corrected chi connectivity index (χ0v) is 12.9. The van der Waals surface area contributed by atoms with Gasteiger partial charge in [0.15, 0.2) is 11.5 Å². The lowest BCUT2D eigenvalue weighted by molar-refractivity contribution is 0.0522. The van der Waals surface area contributed by atoms with Crippen molar-refractivity contribution in [3.05, 3.63) is 35.5 Å². The van der Waals surface area contributed by atoms with Crippen LogP contribution in [0.3, 0.4) is 0 Å².